The Balaban J connectivity index is 1.30. The van der Waals surface area contributed by atoms with E-state index in [2.05, 4.69) is 20.3 Å². The van der Waals surface area contributed by atoms with Crippen molar-refractivity contribution in [1.29, 1.82) is 0 Å². The third kappa shape index (κ3) is 5.68. The van der Waals surface area contributed by atoms with E-state index in [0.29, 0.717) is 37.6 Å². The minimum Gasteiger partial charge on any atom is -0.444 e. The van der Waals surface area contributed by atoms with Crippen LogP contribution in [0, 0.1) is 0 Å². The topological polar surface area (TPSA) is 92.6 Å². The number of carbonyl (C=O) groups is 2. The van der Waals surface area contributed by atoms with Gasteiger partial charge < -0.3 is 19.9 Å². The molecule has 2 aromatic heterocycles. The van der Waals surface area contributed by atoms with Crippen LogP contribution < -0.4 is 10.2 Å². The molecular formula is C24H28N6O3. The highest BCUT2D eigenvalue weighted by molar-refractivity contribution is 6.03. The number of pyridine rings is 1. The van der Waals surface area contributed by atoms with Crippen molar-refractivity contribution in [1.82, 2.24) is 19.7 Å². The maximum atomic E-state index is 12.6. The molecule has 0 aliphatic carbocycles. The summed E-state index contributed by atoms with van der Waals surface area (Å²) in [6.45, 7) is 8.14. The van der Waals surface area contributed by atoms with E-state index in [0.717, 1.165) is 11.4 Å². The number of rotatable bonds is 4. The zero-order chi connectivity index (χ0) is 23.4. The normalized spacial score (nSPS) is 14.2. The third-order valence-electron chi connectivity index (χ3n) is 5.18. The largest absolute Gasteiger partial charge is 0.444 e. The molecular weight excluding hydrogens is 420 g/mol. The first-order valence-electron chi connectivity index (χ1n) is 10.9. The first-order valence-corrected chi connectivity index (χ1v) is 10.9. The third-order valence-corrected chi connectivity index (χ3v) is 5.18. The van der Waals surface area contributed by atoms with Gasteiger partial charge in [0.1, 0.15) is 11.4 Å². The number of ether oxygens (including phenoxy) is 1. The molecule has 9 heteroatoms. The number of nitrogens with zero attached hydrogens (tertiary/aromatic N) is 5. The Morgan fingerprint density at radius 2 is 1.67 bits per heavy atom. The number of hydrogen-bond acceptors (Lipinski definition) is 6. The van der Waals surface area contributed by atoms with Gasteiger partial charge in [-0.2, -0.15) is 5.10 Å². The van der Waals surface area contributed by atoms with E-state index in [9.17, 15) is 9.59 Å². The quantitative estimate of drug-likeness (QED) is 0.656. The van der Waals surface area contributed by atoms with Crippen molar-refractivity contribution < 1.29 is 14.3 Å². The van der Waals surface area contributed by atoms with Crippen LogP contribution in [0.3, 0.4) is 0 Å². The molecule has 1 fully saturated rings. The Morgan fingerprint density at radius 1 is 0.970 bits per heavy atom. The zero-order valence-electron chi connectivity index (χ0n) is 19.1. The van der Waals surface area contributed by atoms with Crippen molar-refractivity contribution in [2.24, 2.45) is 0 Å². The molecule has 0 bridgehead atoms. The molecule has 3 heterocycles. The molecule has 9 nitrogen and oxygen atoms in total. The van der Waals surface area contributed by atoms with E-state index in [1.165, 1.54) is 0 Å². The summed E-state index contributed by atoms with van der Waals surface area (Å²) in [5.41, 5.74) is 1.86. The van der Waals surface area contributed by atoms with Crippen LogP contribution in [-0.4, -0.2) is 63.4 Å². The molecule has 2 amide bonds. The maximum absolute atomic E-state index is 12.6. The van der Waals surface area contributed by atoms with Crippen LogP contribution in [-0.2, 0) is 4.74 Å². The van der Waals surface area contributed by atoms with Crippen molar-refractivity contribution in [3.05, 3.63) is 66.6 Å². The minimum absolute atomic E-state index is 0.228. The lowest BCUT2D eigenvalue weighted by molar-refractivity contribution is 0.0240. The fourth-order valence-electron chi connectivity index (χ4n) is 3.50. The monoisotopic (exact) mass is 448 g/mol. The van der Waals surface area contributed by atoms with Crippen LogP contribution in [0.15, 0.2) is 61.1 Å². The SMILES string of the molecule is CC(C)(C)OC(=O)N1CCN(c2ccc(NC(=O)c3ccc(-n4cccn4)cc3)nc2)CC1. The number of nitrogens with one attached hydrogen (secondary N) is 1. The number of anilines is 2. The Morgan fingerprint density at radius 3 is 2.24 bits per heavy atom. The van der Waals surface area contributed by atoms with Gasteiger partial charge in [-0.05, 0) is 63.2 Å². The first-order chi connectivity index (χ1) is 15.8. The Hall–Kier alpha value is -3.88. The van der Waals surface area contributed by atoms with E-state index >= 15 is 0 Å². The van der Waals surface area contributed by atoms with Crippen LogP contribution in [0.5, 0.6) is 0 Å². The predicted octanol–water partition coefficient (Wildman–Crippen LogP) is 3.58. The molecule has 0 spiro atoms. The van der Waals surface area contributed by atoms with Crippen LogP contribution in [0.1, 0.15) is 31.1 Å². The molecule has 172 valence electrons. The standard InChI is InChI=1S/C24H28N6O3/c1-24(2,3)33-23(32)29-15-13-28(14-16-29)20-9-10-21(25-17-20)27-22(31)18-5-7-19(8-6-18)30-12-4-11-26-30/h4-12,17H,13-16H2,1-3H3,(H,25,27,31). The predicted molar refractivity (Wildman–Crippen MR) is 126 cm³/mol. The van der Waals surface area contributed by atoms with Crippen LogP contribution >= 0.6 is 0 Å². The molecule has 1 saturated heterocycles. The van der Waals surface area contributed by atoms with E-state index in [4.69, 9.17) is 4.74 Å². The van der Waals surface area contributed by atoms with E-state index < -0.39 is 5.60 Å². The highest BCUT2D eigenvalue weighted by Gasteiger charge is 2.26. The number of amides is 2. The molecule has 4 rings (SSSR count). The summed E-state index contributed by atoms with van der Waals surface area (Å²) in [5, 5.41) is 7.00. The van der Waals surface area contributed by atoms with Gasteiger partial charge in [-0.15, -0.1) is 0 Å². The summed E-state index contributed by atoms with van der Waals surface area (Å²) >= 11 is 0. The molecule has 33 heavy (non-hydrogen) atoms. The van der Waals surface area contributed by atoms with Crippen LogP contribution in [0.2, 0.25) is 0 Å². The lowest BCUT2D eigenvalue weighted by Crippen LogP contribution is -2.50. The van der Waals surface area contributed by atoms with Crippen molar-refractivity contribution in [3.8, 4) is 5.69 Å². The number of benzene rings is 1. The van der Waals surface area contributed by atoms with Crippen molar-refractivity contribution in [2.75, 3.05) is 36.4 Å². The molecule has 1 N–H and O–H groups in total. The maximum Gasteiger partial charge on any atom is 0.410 e. The van der Waals surface area contributed by atoms with Crippen LogP contribution in [0.4, 0.5) is 16.3 Å². The van der Waals surface area contributed by atoms with Gasteiger partial charge in [0.15, 0.2) is 0 Å². The van der Waals surface area contributed by atoms with Gasteiger partial charge in [0.2, 0.25) is 0 Å². The summed E-state index contributed by atoms with van der Waals surface area (Å²) in [6, 6.07) is 12.7. The fourth-order valence-corrected chi connectivity index (χ4v) is 3.50. The molecule has 0 saturated carbocycles. The number of piperazine rings is 1. The van der Waals surface area contributed by atoms with Gasteiger partial charge in [-0.25, -0.2) is 14.5 Å². The average Bonchev–Trinajstić information content (AvgIpc) is 3.34. The number of aromatic nitrogens is 3. The van der Waals surface area contributed by atoms with Gasteiger partial charge >= 0.3 is 6.09 Å². The van der Waals surface area contributed by atoms with Gasteiger partial charge in [-0.1, -0.05) is 0 Å². The minimum atomic E-state index is -0.500. The summed E-state index contributed by atoms with van der Waals surface area (Å²) < 4.78 is 7.18. The average molecular weight is 449 g/mol. The second-order valence-corrected chi connectivity index (χ2v) is 8.81. The lowest BCUT2D eigenvalue weighted by Gasteiger charge is -2.36. The smallest absolute Gasteiger partial charge is 0.410 e. The van der Waals surface area contributed by atoms with Gasteiger partial charge in [0.25, 0.3) is 5.91 Å². The van der Waals surface area contributed by atoms with Crippen molar-refractivity contribution in [2.45, 2.75) is 26.4 Å². The second-order valence-electron chi connectivity index (χ2n) is 8.81. The summed E-state index contributed by atoms with van der Waals surface area (Å²) in [4.78, 5) is 33.1. The Labute approximate surface area is 193 Å². The van der Waals surface area contributed by atoms with E-state index in [1.54, 1.807) is 40.2 Å². The van der Waals surface area contributed by atoms with Gasteiger partial charge in [0, 0.05) is 44.1 Å². The fraction of sp³-hybridized carbons (Fsp3) is 0.333. The summed E-state index contributed by atoms with van der Waals surface area (Å²) in [7, 11) is 0. The van der Waals surface area contributed by atoms with Crippen molar-refractivity contribution in [3.63, 3.8) is 0 Å². The second kappa shape index (κ2) is 9.32. The first kappa shape index (κ1) is 22.3. The Kier molecular flexibility index (Phi) is 6.30. The van der Waals surface area contributed by atoms with Crippen LogP contribution in [0.25, 0.3) is 5.69 Å². The van der Waals surface area contributed by atoms with Gasteiger partial charge in [0.05, 0.1) is 17.6 Å². The van der Waals surface area contributed by atoms with E-state index in [-0.39, 0.29) is 12.0 Å². The molecule has 3 aromatic rings. The highest BCUT2D eigenvalue weighted by Crippen LogP contribution is 2.19. The molecule has 0 atom stereocenters. The summed E-state index contributed by atoms with van der Waals surface area (Å²) in [5.74, 6) is 0.250. The number of carbonyl (C=O) groups excluding carboxylic acids is 2. The summed E-state index contributed by atoms with van der Waals surface area (Å²) in [6.07, 6.45) is 5.00. The Bertz CT molecular complexity index is 1080. The molecule has 0 unspecified atom stereocenters. The molecule has 0 radical (unpaired) electrons. The lowest BCUT2D eigenvalue weighted by atomic mass is 10.2. The molecule has 1 aromatic carbocycles. The number of hydrogen-bond donors (Lipinski definition) is 1. The van der Waals surface area contributed by atoms with Gasteiger partial charge in [-0.3, -0.25) is 4.79 Å². The highest BCUT2D eigenvalue weighted by atomic mass is 16.6. The molecule has 1 aliphatic heterocycles. The molecule has 1 aliphatic rings. The van der Waals surface area contributed by atoms with Crippen molar-refractivity contribution >= 4 is 23.5 Å². The van der Waals surface area contributed by atoms with E-state index in [1.807, 2.05) is 51.2 Å². The zero-order valence-corrected chi connectivity index (χ0v) is 19.1.